The molecule has 3 aromatic carbocycles. The molecule has 0 saturated carbocycles. The van der Waals surface area contributed by atoms with E-state index in [1.165, 1.54) is 0 Å². The SMILES string of the molecule is C/C=C/c1ccc(C(=O)C(C)c2ccc(/C=C/C)cc2)cc1.COc1ccc(C(N)=S)cc1. The maximum Gasteiger partial charge on any atom is 0.170 e. The average Bonchev–Trinajstić information content (AvgIpc) is 2.85. The van der Waals surface area contributed by atoms with Crippen molar-refractivity contribution >= 4 is 35.1 Å². The van der Waals surface area contributed by atoms with Gasteiger partial charge in [0.05, 0.1) is 7.11 Å². The third kappa shape index (κ3) is 7.85. The van der Waals surface area contributed by atoms with Crippen molar-refractivity contribution in [3.63, 3.8) is 0 Å². The van der Waals surface area contributed by atoms with E-state index in [4.69, 9.17) is 22.7 Å². The summed E-state index contributed by atoms with van der Waals surface area (Å²) in [4.78, 5) is 13.0. The van der Waals surface area contributed by atoms with Crippen LogP contribution in [0.15, 0.2) is 84.9 Å². The molecule has 2 N–H and O–H groups in total. The molecule has 0 aliphatic heterocycles. The Hall–Kier alpha value is -3.50. The van der Waals surface area contributed by atoms with E-state index in [1.807, 2.05) is 112 Å². The fraction of sp³-hybridized carbons (Fsp3) is 0.172. The first kappa shape index (κ1) is 25.8. The summed E-state index contributed by atoms with van der Waals surface area (Å²) in [6.07, 6.45) is 8.08. The van der Waals surface area contributed by atoms with Crippen LogP contribution in [-0.2, 0) is 0 Å². The Bertz CT molecular complexity index is 1100. The van der Waals surface area contributed by atoms with Gasteiger partial charge >= 0.3 is 0 Å². The van der Waals surface area contributed by atoms with E-state index in [-0.39, 0.29) is 11.7 Å². The van der Waals surface area contributed by atoms with Gasteiger partial charge in [0.1, 0.15) is 10.7 Å². The molecule has 0 aliphatic rings. The van der Waals surface area contributed by atoms with Crippen molar-refractivity contribution in [3.8, 4) is 5.75 Å². The first-order chi connectivity index (χ1) is 15.9. The molecule has 4 heteroatoms. The Morgan fingerprint density at radius 1 is 0.818 bits per heavy atom. The summed E-state index contributed by atoms with van der Waals surface area (Å²) in [6.45, 7) is 5.95. The summed E-state index contributed by atoms with van der Waals surface area (Å²) in [5, 5.41) is 0. The zero-order chi connectivity index (χ0) is 24.2. The van der Waals surface area contributed by atoms with Crippen LogP contribution in [0.2, 0.25) is 0 Å². The topological polar surface area (TPSA) is 52.3 Å². The van der Waals surface area contributed by atoms with Crippen LogP contribution >= 0.6 is 12.2 Å². The van der Waals surface area contributed by atoms with Crippen molar-refractivity contribution in [2.45, 2.75) is 26.7 Å². The summed E-state index contributed by atoms with van der Waals surface area (Å²) in [5.74, 6) is 0.836. The molecule has 33 heavy (non-hydrogen) atoms. The Morgan fingerprint density at radius 2 is 1.27 bits per heavy atom. The van der Waals surface area contributed by atoms with Crippen LogP contribution in [0, 0.1) is 0 Å². The fourth-order valence-corrected chi connectivity index (χ4v) is 3.33. The number of ketones is 1. The van der Waals surface area contributed by atoms with Crippen LogP contribution in [0.4, 0.5) is 0 Å². The van der Waals surface area contributed by atoms with Crippen molar-refractivity contribution in [1.29, 1.82) is 0 Å². The van der Waals surface area contributed by atoms with Crippen LogP contribution in [0.5, 0.6) is 5.75 Å². The number of nitrogens with two attached hydrogens (primary N) is 1. The number of rotatable bonds is 7. The quantitative estimate of drug-likeness (QED) is 0.304. The lowest BCUT2D eigenvalue weighted by atomic mass is 9.91. The van der Waals surface area contributed by atoms with Crippen molar-refractivity contribution < 1.29 is 9.53 Å². The third-order valence-corrected chi connectivity index (χ3v) is 5.35. The second-order valence-electron chi connectivity index (χ2n) is 7.47. The molecule has 170 valence electrons. The molecule has 0 heterocycles. The van der Waals surface area contributed by atoms with Gasteiger partial charge in [0, 0.05) is 17.0 Å². The molecule has 0 amide bonds. The van der Waals surface area contributed by atoms with Gasteiger partial charge in [-0.3, -0.25) is 4.79 Å². The maximum absolute atomic E-state index is 12.6. The molecular weight excluding hydrogens is 426 g/mol. The van der Waals surface area contributed by atoms with E-state index in [0.717, 1.165) is 33.6 Å². The lowest BCUT2D eigenvalue weighted by Crippen LogP contribution is -2.09. The van der Waals surface area contributed by atoms with Crippen LogP contribution in [0.25, 0.3) is 12.2 Å². The Kier molecular flexibility index (Phi) is 10.3. The number of Topliss-reactive ketones (excluding diaryl/α,β-unsaturated/α-hetero) is 1. The Balaban J connectivity index is 0.000000294. The highest BCUT2D eigenvalue weighted by atomic mass is 32.1. The van der Waals surface area contributed by atoms with Gasteiger partial charge in [-0.15, -0.1) is 0 Å². The maximum atomic E-state index is 12.6. The molecule has 0 bridgehead atoms. The lowest BCUT2D eigenvalue weighted by molar-refractivity contribution is 0.0966. The first-order valence-electron chi connectivity index (χ1n) is 10.8. The van der Waals surface area contributed by atoms with E-state index in [2.05, 4.69) is 6.08 Å². The second kappa shape index (κ2) is 13.1. The predicted octanol–water partition coefficient (Wildman–Crippen LogP) is 7.07. The molecule has 3 nitrogen and oxygen atoms in total. The number of benzene rings is 3. The minimum atomic E-state index is -0.132. The molecule has 0 saturated heterocycles. The zero-order valence-electron chi connectivity index (χ0n) is 19.6. The first-order valence-corrected chi connectivity index (χ1v) is 11.2. The van der Waals surface area contributed by atoms with Gasteiger partial charge in [-0.25, -0.2) is 0 Å². The standard InChI is InChI=1S/C21H22O.C8H9NOS/c1-4-6-17-8-12-19(13-9-17)16(3)21(22)20-14-10-18(7-5-2)11-15-20;1-10-7-4-2-6(3-5-7)8(9)11/h4-16H,1-3H3;2-5H,1H3,(H2,9,11)/b6-4+,7-5+;. The summed E-state index contributed by atoms with van der Waals surface area (Å²) < 4.78 is 4.96. The summed E-state index contributed by atoms with van der Waals surface area (Å²) in [5.41, 5.74) is 10.3. The molecule has 0 fully saturated rings. The van der Waals surface area contributed by atoms with E-state index >= 15 is 0 Å². The highest BCUT2D eigenvalue weighted by molar-refractivity contribution is 7.80. The number of methoxy groups -OCH3 is 1. The van der Waals surface area contributed by atoms with Gasteiger partial charge in [0.25, 0.3) is 0 Å². The highest BCUT2D eigenvalue weighted by Crippen LogP contribution is 2.22. The van der Waals surface area contributed by atoms with E-state index in [9.17, 15) is 4.79 Å². The minimum Gasteiger partial charge on any atom is -0.497 e. The molecule has 0 aromatic heterocycles. The molecule has 3 aromatic rings. The number of allylic oxidation sites excluding steroid dienone is 2. The smallest absolute Gasteiger partial charge is 0.170 e. The largest absolute Gasteiger partial charge is 0.497 e. The number of hydrogen-bond donors (Lipinski definition) is 1. The lowest BCUT2D eigenvalue weighted by Gasteiger charge is -2.11. The number of ether oxygens (including phenoxy) is 1. The van der Waals surface area contributed by atoms with Gasteiger partial charge in [0.2, 0.25) is 0 Å². The van der Waals surface area contributed by atoms with Crippen LogP contribution in [0.3, 0.4) is 0 Å². The number of carbonyl (C=O) groups excluding carboxylic acids is 1. The summed E-state index contributed by atoms with van der Waals surface area (Å²) >= 11 is 4.78. The van der Waals surface area contributed by atoms with Crippen molar-refractivity contribution in [3.05, 3.63) is 113 Å². The van der Waals surface area contributed by atoms with Crippen LogP contribution in [-0.4, -0.2) is 17.9 Å². The predicted molar refractivity (Wildman–Crippen MR) is 144 cm³/mol. The van der Waals surface area contributed by atoms with Crippen LogP contribution < -0.4 is 10.5 Å². The highest BCUT2D eigenvalue weighted by Gasteiger charge is 2.16. The van der Waals surface area contributed by atoms with Crippen molar-refractivity contribution in [1.82, 2.24) is 0 Å². The van der Waals surface area contributed by atoms with Gasteiger partial charge in [-0.05, 0) is 54.8 Å². The van der Waals surface area contributed by atoms with Crippen molar-refractivity contribution in [2.24, 2.45) is 5.73 Å². The van der Waals surface area contributed by atoms with Gasteiger partial charge in [-0.2, -0.15) is 0 Å². The molecule has 3 rings (SSSR count). The van der Waals surface area contributed by atoms with E-state index in [0.29, 0.717) is 4.99 Å². The molecule has 1 atom stereocenters. The average molecular weight is 458 g/mol. The monoisotopic (exact) mass is 457 g/mol. The zero-order valence-corrected chi connectivity index (χ0v) is 20.4. The molecule has 0 spiro atoms. The number of carbonyl (C=O) groups is 1. The van der Waals surface area contributed by atoms with E-state index < -0.39 is 0 Å². The van der Waals surface area contributed by atoms with E-state index in [1.54, 1.807) is 7.11 Å². The summed E-state index contributed by atoms with van der Waals surface area (Å²) in [7, 11) is 1.62. The molecular formula is C29H31NO2S. The molecule has 0 aliphatic carbocycles. The van der Waals surface area contributed by atoms with Gasteiger partial charge in [0.15, 0.2) is 5.78 Å². The van der Waals surface area contributed by atoms with Crippen LogP contribution in [0.1, 0.15) is 59.3 Å². The Morgan fingerprint density at radius 3 is 1.70 bits per heavy atom. The van der Waals surface area contributed by atoms with Crippen molar-refractivity contribution in [2.75, 3.05) is 7.11 Å². The van der Waals surface area contributed by atoms with Gasteiger partial charge in [-0.1, -0.05) is 92.0 Å². The third-order valence-electron chi connectivity index (χ3n) is 5.12. The second-order valence-corrected chi connectivity index (χ2v) is 7.91. The normalized spacial score (nSPS) is 11.6. The number of hydrogen-bond acceptors (Lipinski definition) is 3. The fourth-order valence-electron chi connectivity index (χ4n) is 3.20. The molecule has 1 unspecified atom stereocenters. The summed E-state index contributed by atoms with van der Waals surface area (Å²) in [6, 6.07) is 23.3. The Labute approximate surface area is 202 Å². The minimum absolute atomic E-state index is 0.132. The molecule has 0 radical (unpaired) electrons. The number of thiocarbonyl (C=S) groups is 1. The van der Waals surface area contributed by atoms with Gasteiger partial charge < -0.3 is 10.5 Å².